The van der Waals surface area contributed by atoms with Gasteiger partial charge in [0.2, 0.25) is 0 Å². The third-order valence-electron chi connectivity index (χ3n) is 5.09. The Hall–Kier alpha value is -1.51. The molecule has 6 N–H and O–H groups in total. The quantitative estimate of drug-likeness (QED) is 0.235. The summed E-state index contributed by atoms with van der Waals surface area (Å²) in [6.07, 6.45) is -14.5. The van der Waals surface area contributed by atoms with Gasteiger partial charge in [-0.25, -0.2) is 0 Å². The van der Waals surface area contributed by atoms with Gasteiger partial charge >= 0.3 is 0 Å². The van der Waals surface area contributed by atoms with E-state index in [2.05, 4.69) is 0 Å². The summed E-state index contributed by atoms with van der Waals surface area (Å²) in [6.45, 7) is -0.879. The summed E-state index contributed by atoms with van der Waals surface area (Å²) in [5.41, 5.74) is 0.716. The summed E-state index contributed by atoms with van der Waals surface area (Å²) < 4.78 is 22.3. The molecule has 2 heterocycles. The largest absolute Gasteiger partial charge is 0.394 e. The highest BCUT2D eigenvalue weighted by molar-refractivity contribution is 5.56. The molecule has 1 aromatic carbocycles. The van der Waals surface area contributed by atoms with Crippen LogP contribution in [0.2, 0.25) is 0 Å². The summed E-state index contributed by atoms with van der Waals surface area (Å²) >= 11 is 0. The molecule has 0 saturated carbocycles. The van der Waals surface area contributed by atoms with Gasteiger partial charge in [-0.05, 0) is 0 Å². The van der Waals surface area contributed by atoms with Gasteiger partial charge in [-0.2, -0.15) is 0 Å². The second kappa shape index (κ2) is 10.2. The number of hydrogen-bond acceptors (Lipinski definition) is 11. The number of benzene rings is 1. The van der Waals surface area contributed by atoms with Crippen LogP contribution in [0.25, 0.3) is 0 Å². The standard InChI is InChI=1S/C19H26O11/c20-6-10(22)13(24)16(11(23)7-21)29-19-15(26)14(25)17-12(28-19)8-27-18(30-17)9-4-2-1-3-5-9/h1-6,10-19,21-26H,7-8H2/t10-,11+,12+,13+,14+,15+,16+,17+,18?,19+/m0/s1. The number of aldehydes is 1. The molecule has 2 fully saturated rings. The fourth-order valence-electron chi connectivity index (χ4n) is 3.40. The highest BCUT2D eigenvalue weighted by atomic mass is 16.8. The van der Waals surface area contributed by atoms with Crippen molar-refractivity contribution in [1.29, 1.82) is 0 Å². The molecule has 11 heteroatoms. The predicted octanol–water partition coefficient (Wildman–Crippen LogP) is -2.79. The Labute approximate surface area is 172 Å². The van der Waals surface area contributed by atoms with E-state index in [1.54, 1.807) is 24.3 Å². The molecule has 1 unspecified atom stereocenters. The number of ether oxygens (including phenoxy) is 4. The van der Waals surface area contributed by atoms with Gasteiger partial charge in [0.15, 0.2) is 18.9 Å². The van der Waals surface area contributed by atoms with Gasteiger partial charge in [0.1, 0.15) is 48.8 Å². The van der Waals surface area contributed by atoms with Crippen molar-refractivity contribution >= 4 is 6.29 Å². The molecule has 0 aliphatic carbocycles. The smallest absolute Gasteiger partial charge is 0.187 e. The summed E-state index contributed by atoms with van der Waals surface area (Å²) in [7, 11) is 0. The van der Waals surface area contributed by atoms with Gasteiger partial charge in [-0.1, -0.05) is 30.3 Å². The van der Waals surface area contributed by atoms with Crippen molar-refractivity contribution in [3.63, 3.8) is 0 Å². The average Bonchev–Trinajstić information content (AvgIpc) is 2.79. The number of aliphatic hydroxyl groups is 6. The van der Waals surface area contributed by atoms with Gasteiger partial charge in [0, 0.05) is 5.56 Å². The molecule has 0 amide bonds. The molecule has 11 nitrogen and oxygen atoms in total. The Bertz CT molecular complexity index is 672. The van der Waals surface area contributed by atoms with Crippen LogP contribution in [0.4, 0.5) is 0 Å². The molecule has 10 atom stereocenters. The van der Waals surface area contributed by atoms with E-state index < -0.39 is 68.0 Å². The summed E-state index contributed by atoms with van der Waals surface area (Å²) in [6, 6.07) is 8.99. The Morgan fingerprint density at radius 1 is 1.10 bits per heavy atom. The highest BCUT2D eigenvalue weighted by Crippen LogP contribution is 2.35. The zero-order valence-electron chi connectivity index (χ0n) is 15.9. The van der Waals surface area contributed by atoms with Crippen molar-refractivity contribution in [1.82, 2.24) is 0 Å². The zero-order valence-corrected chi connectivity index (χ0v) is 15.9. The minimum Gasteiger partial charge on any atom is -0.394 e. The predicted molar refractivity (Wildman–Crippen MR) is 96.7 cm³/mol. The van der Waals surface area contributed by atoms with E-state index in [0.29, 0.717) is 5.56 Å². The van der Waals surface area contributed by atoms with Crippen LogP contribution in [0.5, 0.6) is 0 Å². The van der Waals surface area contributed by atoms with Crippen LogP contribution in [0.15, 0.2) is 30.3 Å². The topological polar surface area (TPSA) is 175 Å². The first kappa shape index (κ1) is 23.2. The first-order valence-corrected chi connectivity index (χ1v) is 9.46. The fourth-order valence-corrected chi connectivity index (χ4v) is 3.40. The van der Waals surface area contributed by atoms with E-state index in [0.717, 1.165) is 0 Å². The highest BCUT2D eigenvalue weighted by Gasteiger charge is 2.50. The molecule has 2 saturated heterocycles. The van der Waals surface area contributed by atoms with Crippen molar-refractivity contribution in [2.24, 2.45) is 0 Å². The molecular weight excluding hydrogens is 404 g/mol. The number of fused-ring (bicyclic) bond motifs is 1. The molecule has 0 spiro atoms. The zero-order chi connectivity index (χ0) is 21.8. The Balaban J connectivity index is 1.70. The Morgan fingerprint density at radius 3 is 2.43 bits per heavy atom. The van der Waals surface area contributed by atoms with E-state index >= 15 is 0 Å². The van der Waals surface area contributed by atoms with Gasteiger partial charge in [0.05, 0.1) is 13.2 Å². The van der Waals surface area contributed by atoms with E-state index in [4.69, 9.17) is 18.9 Å². The van der Waals surface area contributed by atoms with Crippen molar-refractivity contribution in [3.05, 3.63) is 35.9 Å². The molecule has 0 bridgehead atoms. The Kier molecular flexibility index (Phi) is 7.87. The van der Waals surface area contributed by atoms with Crippen LogP contribution in [0.3, 0.4) is 0 Å². The van der Waals surface area contributed by atoms with Crippen molar-refractivity contribution in [2.75, 3.05) is 13.2 Å². The van der Waals surface area contributed by atoms with E-state index in [-0.39, 0.29) is 12.9 Å². The molecule has 3 rings (SSSR count). The molecule has 168 valence electrons. The molecule has 2 aliphatic rings. The van der Waals surface area contributed by atoms with Crippen LogP contribution < -0.4 is 0 Å². The number of carbonyl (C=O) groups is 1. The molecule has 0 radical (unpaired) electrons. The summed E-state index contributed by atoms with van der Waals surface area (Å²) in [5.74, 6) is 0. The summed E-state index contributed by atoms with van der Waals surface area (Å²) in [4.78, 5) is 10.7. The van der Waals surface area contributed by atoms with Crippen LogP contribution in [-0.4, -0.2) is 105 Å². The number of hydrogen-bond donors (Lipinski definition) is 6. The minimum absolute atomic E-state index is 0.0133. The molecule has 30 heavy (non-hydrogen) atoms. The summed E-state index contributed by atoms with van der Waals surface area (Å²) in [5, 5.41) is 59.6. The van der Waals surface area contributed by atoms with E-state index in [1.807, 2.05) is 6.07 Å². The first-order chi connectivity index (χ1) is 14.4. The SMILES string of the molecule is O=C[C@H](O)[C@@H](O)[C@H](O[C@H]1O[C@@H]2COC(c3ccccc3)O[C@H]2[C@H](O)[C@H]1O)[C@H](O)CO. The molecule has 2 aliphatic heterocycles. The Morgan fingerprint density at radius 2 is 1.80 bits per heavy atom. The lowest BCUT2D eigenvalue weighted by Crippen LogP contribution is -2.63. The molecule has 1 aromatic rings. The van der Waals surface area contributed by atoms with Gasteiger partial charge in [-0.15, -0.1) is 0 Å². The lowest BCUT2D eigenvalue weighted by atomic mass is 9.97. The average molecular weight is 430 g/mol. The van der Waals surface area contributed by atoms with Gasteiger partial charge in [0.25, 0.3) is 0 Å². The van der Waals surface area contributed by atoms with Crippen LogP contribution in [-0.2, 0) is 23.7 Å². The maximum absolute atomic E-state index is 10.7. The molecule has 0 aromatic heterocycles. The van der Waals surface area contributed by atoms with E-state index in [1.165, 1.54) is 0 Å². The van der Waals surface area contributed by atoms with Crippen molar-refractivity contribution in [2.45, 2.75) is 61.4 Å². The first-order valence-electron chi connectivity index (χ1n) is 9.46. The second-order valence-corrected chi connectivity index (χ2v) is 7.17. The van der Waals surface area contributed by atoms with Crippen LogP contribution in [0.1, 0.15) is 11.9 Å². The van der Waals surface area contributed by atoms with Crippen molar-refractivity contribution < 1.29 is 54.4 Å². The van der Waals surface area contributed by atoms with Gasteiger partial charge < -0.3 is 54.4 Å². The van der Waals surface area contributed by atoms with Gasteiger partial charge in [-0.3, -0.25) is 0 Å². The normalized spacial score (nSPS) is 35.7. The number of rotatable bonds is 8. The third-order valence-corrected chi connectivity index (χ3v) is 5.09. The second-order valence-electron chi connectivity index (χ2n) is 7.17. The maximum atomic E-state index is 10.7. The fraction of sp³-hybridized carbons (Fsp3) is 0.632. The monoisotopic (exact) mass is 430 g/mol. The third kappa shape index (κ3) is 4.86. The minimum atomic E-state index is -1.92. The van der Waals surface area contributed by atoms with Crippen molar-refractivity contribution in [3.8, 4) is 0 Å². The van der Waals surface area contributed by atoms with Crippen LogP contribution in [0, 0.1) is 0 Å². The number of carbonyl (C=O) groups excluding carboxylic acids is 1. The van der Waals surface area contributed by atoms with E-state index in [9.17, 15) is 35.4 Å². The molecular formula is C19H26O11. The maximum Gasteiger partial charge on any atom is 0.187 e. The lowest BCUT2D eigenvalue weighted by molar-refractivity contribution is -0.372. The lowest BCUT2D eigenvalue weighted by Gasteiger charge is -2.47. The number of aliphatic hydroxyl groups excluding tert-OH is 6. The van der Waals surface area contributed by atoms with Crippen LogP contribution >= 0.6 is 0 Å².